The predicted octanol–water partition coefficient (Wildman–Crippen LogP) is 6.20. The van der Waals surface area contributed by atoms with Crippen LogP contribution in [0.3, 0.4) is 0 Å². The fourth-order valence-electron chi connectivity index (χ4n) is 4.84. The van der Waals surface area contributed by atoms with Crippen LogP contribution >= 0.6 is 0 Å². The smallest absolute Gasteiger partial charge is 0.430 e. The number of rotatable bonds is 10. The zero-order valence-electron chi connectivity index (χ0n) is 20.6. The van der Waals surface area contributed by atoms with Gasteiger partial charge in [0.2, 0.25) is 5.91 Å². The van der Waals surface area contributed by atoms with Crippen molar-refractivity contribution in [2.24, 2.45) is 0 Å². The van der Waals surface area contributed by atoms with Gasteiger partial charge in [0.05, 0.1) is 13.2 Å². The molecule has 0 bridgehead atoms. The molecule has 0 N–H and O–H groups in total. The molecular weight excluding hydrogens is 492 g/mol. The third-order valence-corrected chi connectivity index (χ3v) is 6.55. The molecule has 1 saturated heterocycles. The molecule has 36 heavy (non-hydrogen) atoms. The minimum Gasteiger partial charge on any atom is -0.493 e. The van der Waals surface area contributed by atoms with Crippen LogP contribution in [-0.2, 0) is 39.3 Å². The zero-order valence-corrected chi connectivity index (χ0v) is 20.6. The fourth-order valence-corrected chi connectivity index (χ4v) is 4.84. The highest BCUT2D eigenvalue weighted by atomic mass is 19.4. The predicted molar refractivity (Wildman–Crippen MR) is 120 cm³/mol. The van der Waals surface area contributed by atoms with Crippen molar-refractivity contribution in [1.29, 1.82) is 0 Å². The highest BCUT2D eigenvalue weighted by Crippen LogP contribution is 2.58. The normalized spacial score (nSPS) is 18.3. The Morgan fingerprint density at radius 3 is 2.39 bits per heavy atom. The van der Waals surface area contributed by atoms with E-state index in [-0.39, 0.29) is 37.6 Å². The number of aryl methyl sites for hydroxylation is 1. The number of ether oxygens (including phenoxy) is 3. The first-order valence-corrected chi connectivity index (χ1v) is 12.4. The number of amides is 1. The molecule has 0 aliphatic carbocycles. The largest absolute Gasteiger partial charge is 0.493 e. The fraction of sp³-hybridized carbons (Fsp3) is 0.720. The van der Waals surface area contributed by atoms with E-state index in [2.05, 4.69) is 4.74 Å². The quantitative estimate of drug-likeness (QED) is 0.270. The number of fused-ring (bicyclic) bond motifs is 1. The van der Waals surface area contributed by atoms with E-state index in [4.69, 9.17) is 9.47 Å². The number of alkyl halides is 6. The van der Waals surface area contributed by atoms with Crippen molar-refractivity contribution in [2.45, 2.75) is 89.8 Å². The molecule has 0 saturated carbocycles. The van der Waals surface area contributed by atoms with Crippen LogP contribution in [0, 0.1) is 0 Å². The minimum absolute atomic E-state index is 0.0281. The van der Waals surface area contributed by atoms with Crippen LogP contribution in [0.15, 0.2) is 6.07 Å². The Morgan fingerprint density at radius 2 is 1.75 bits per heavy atom. The summed E-state index contributed by atoms with van der Waals surface area (Å²) in [6, 6.07) is 0.981. The van der Waals surface area contributed by atoms with Crippen LogP contribution in [0.4, 0.5) is 26.3 Å². The van der Waals surface area contributed by atoms with Gasteiger partial charge in [0.1, 0.15) is 12.5 Å². The van der Waals surface area contributed by atoms with Crippen molar-refractivity contribution in [1.82, 2.24) is 4.90 Å². The number of benzene rings is 1. The number of carbonyl (C=O) groups is 1. The van der Waals surface area contributed by atoms with E-state index in [0.717, 1.165) is 6.07 Å². The Balaban J connectivity index is 1.86. The number of hydrogen-bond donors (Lipinski definition) is 0. The van der Waals surface area contributed by atoms with Gasteiger partial charge in [-0.05, 0) is 49.3 Å². The summed E-state index contributed by atoms with van der Waals surface area (Å²) in [6.07, 6.45) is -7.46. The van der Waals surface area contributed by atoms with Gasteiger partial charge in [-0.2, -0.15) is 26.3 Å². The molecule has 0 radical (unpaired) electrons. The van der Waals surface area contributed by atoms with Crippen LogP contribution in [0.25, 0.3) is 0 Å². The summed E-state index contributed by atoms with van der Waals surface area (Å²) in [4.78, 5) is 13.7. The topological polar surface area (TPSA) is 48.0 Å². The van der Waals surface area contributed by atoms with Crippen LogP contribution in [-0.4, -0.2) is 49.6 Å². The minimum atomic E-state index is -5.67. The monoisotopic (exact) mass is 525 g/mol. The van der Waals surface area contributed by atoms with Gasteiger partial charge in [0, 0.05) is 30.7 Å². The SMILES string of the molecule is CCCc1cc2c(c(CCC)c1OCCCCN1COCCCC1=O)COC2(C(F)(F)F)C(F)(F)F. The van der Waals surface area contributed by atoms with Crippen molar-refractivity contribution in [3.05, 3.63) is 28.3 Å². The molecule has 1 amide bonds. The first-order valence-electron chi connectivity index (χ1n) is 12.4. The third kappa shape index (κ3) is 5.61. The third-order valence-electron chi connectivity index (χ3n) is 6.55. The van der Waals surface area contributed by atoms with Gasteiger partial charge in [-0.3, -0.25) is 4.79 Å². The van der Waals surface area contributed by atoms with Crippen LogP contribution < -0.4 is 4.74 Å². The average molecular weight is 526 g/mol. The van der Waals surface area contributed by atoms with Crippen molar-refractivity contribution in [3.8, 4) is 5.75 Å². The Kier molecular flexibility index (Phi) is 9.19. The van der Waals surface area contributed by atoms with Crippen LogP contribution in [0.2, 0.25) is 0 Å². The summed E-state index contributed by atoms with van der Waals surface area (Å²) in [6.45, 7) is 4.31. The number of carbonyl (C=O) groups excluding carboxylic acids is 1. The number of halogens is 6. The van der Waals surface area contributed by atoms with Crippen molar-refractivity contribution in [3.63, 3.8) is 0 Å². The summed E-state index contributed by atoms with van der Waals surface area (Å²) < 4.78 is 99.5. The molecule has 5 nitrogen and oxygen atoms in total. The average Bonchev–Trinajstić information content (AvgIpc) is 3.08. The maximum atomic E-state index is 13.9. The van der Waals surface area contributed by atoms with E-state index in [9.17, 15) is 31.1 Å². The molecule has 204 valence electrons. The van der Waals surface area contributed by atoms with E-state index < -0.39 is 30.1 Å². The maximum absolute atomic E-state index is 13.9. The molecule has 0 aromatic heterocycles. The molecule has 2 aliphatic heterocycles. The highest BCUT2D eigenvalue weighted by molar-refractivity contribution is 5.76. The van der Waals surface area contributed by atoms with E-state index in [1.54, 1.807) is 18.7 Å². The summed E-state index contributed by atoms with van der Waals surface area (Å²) >= 11 is 0. The van der Waals surface area contributed by atoms with Gasteiger partial charge in [0.15, 0.2) is 0 Å². The molecular formula is C25H33F6NO4. The number of nitrogens with zero attached hydrogens (tertiary/aromatic N) is 1. The Morgan fingerprint density at radius 1 is 1.06 bits per heavy atom. The second-order valence-corrected chi connectivity index (χ2v) is 9.19. The van der Waals surface area contributed by atoms with E-state index in [0.29, 0.717) is 68.6 Å². The summed E-state index contributed by atoms with van der Waals surface area (Å²) in [7, 11) is 0. The van der Waals surface area contributed by atoms with Gasteiger partial charge in [-0.1, -0.05) is 26.7 Å². The molecule has 1 aromatic rings. The molecule has 0 unspecified atom stereocenters. The van der Waals surface area contributed by atoms with Gasteiger partial charge < -0.3 is 19.1 Å². The maximum Gasteiger partial charge on any atom is 0.430 e. The van der Waals surface area contributed by atoms with Gasteiger partial charge in [-0.15, -0.1) is 0 Å². The van der Waals surface area contributed by atoms with Gasteiger partial charge in [-0.25, -0.2) is 0 Å². The molecule has 11 heteroatoms. The van der Waals surface area contributed by atoms with Crippen molar-refractivity contribution < 1.29 is 45.3 Å². The van der Waals surface area contributed by atoms with Crippen LogP contribution in [0.1, 0.15) is 74.6 Å². The molecule has 0 atom stereocenters. The van der Waals surface area contributed by atoms with Gasteiger partial charge in [0.25, 0.3) is 5.60 Å². The van der Waals surface area contributed by atoms with E-state index >= 15 is 0 Å². The lowest BCUT2D eigenvalue weighted by Gasteiger charge is -2.34. The second-order valence-electron chi connectivity index (χ2n) is 9.19. The standard InChI is InChI=1S/C25H33F6NO4/c1-3-8-17-14-20-19(15-36-23(20,24(26,27)28)25(29,30)31)18(9-4-2)22(17)35-13-6-5-11-32-16-34-12-7-10-21(32)33/h14H,3-13,15-16H2,1-2H3. The summed E-state index contributed by atoms with van der Waals surface area (Å²) in [5.74, 6) is 0.385. The zero-order chi connectivity index (χ0) is 26.6. The Labute approximate surface area is 207 Å². The lowest BCUT2D eigenvalue weighted by Crippen LogP contribution is -2.53. The molecule has 0 spiro atoms. The first-order chi connectivity index (χ1) is 17.0. The van der Waals surface area contributed by atoms with Crippen molar-refractivity contribution >= 4 is 5.91 Å². The van der Waals surface area contributed by atoms with Crippen LogP contribution in [0.5, 0.6) is 5.75 Å². The van der Waals surface area contributed by atoms with E-state index in [1.165, 1.54) is 0 Å². The Bertz CT molecular complexity index is 901. The lowest BCUT2D eigenvalue weighted by molar-refractivity contribution is -0.385. The van der Waals surface area contributed by atoms with E-state index in [1.807, 2.05) is 0 Å². The molecule has 1 aromatic carbocycles. The number of hydrogen-bond acceptors (Lipinski definition) is 4. The van der Waals surface area contributed by atoms with Crippen molar-refractivity contribution in [2.75, 3.05) is 26.5 Å². The van der Waals surface area contributed by atoms with Gasteiger partial charge >= 0.3 is 12.4 Å². The molecule has 2 aliphatic rings. The summed E-state index contributed by atoms with van der Waals surface area (Å²) in [5, 5.41) is 0. The molecule has 3 rings (SSSR count). The molecule has 1 fully saturated rings. The first kappa shape index (κ1) is 28.6. The second kappa shape index (κ2) is 11.6. The Hall–Kier alpha value is -2.01. The molecule has 2 heterocycles. The lowest BCUT2D eigenvalue weighted by atomic mass is 9.84. The number of unbranched alkanes of at least 4 members (excludes halogenated alkanes) is 1. The summed E-state index contributed by atoms with van der Waals surface area (Å²) in [5.41, 5.74) is -4.64. The highest BCUT2D eigenvalue weighted by Gasteiger charge is 2.75.